The van der Waals surface area contributed by atoms with Crippen molar-refractivity contribution in [2.75, 3.05) is 6.61 Å². The fraction of sp³-hybridized carbons (Fsp3) is 0.833. The Bertz CT molecular complexity index is 900. The van der Waals surface area contributed by atoms with Gasteiger partial charge < -0.3 is 20.3 Å². The second-order valence-electron chi connectivity index (χ2n) is 15.8. The molecule has 6 nitrogen and oxygen atoms in total. The molecule has 0 aromatic rings. The molecule has 0 aliphatic rings. The average Bonchev–Trinajstić information content (AvgIpc) is 3.16. The van der Waals surface area contributed by atoms with Crippen LogP contribution in [0.5, 0.6) is 0 Å². The van der Waals surface area contributed by atoms with Crippen molar-refractivity contribution >= 4 is 11.9 Å². The van der Waals surface area contributed by atoms with Gasteiger partial charge in [-0.05, 0) is 70.6 Å². The monoisotopic (exact) mass is 760 g/mol. The zero-order valence-corrected chi connectivity index (χ0v) is 35.9. The summed E-state index contributed by atoms with van der Waals surface area (Å²) in [6, 6.07) is -0.704. The maximum absolute atomic E-state index is 13.1. The van der Waals surface area contributed by atoms with E-state index in [2.05, 4.69) is 62.5 Å². The van der Waals surface area contributed by atoms with Gasteiger partial charge in [0.2, 0.25) is 5.91 Å². The zero-order chi connectivity index (χ0) is 39.6. The lowest BCUT2D eigenvalue weighted by molar-refractivity contribution is -0.151. The largest absolute Gasteiger partial charge is 0.462 e. The lowest BCUT2D eigenvalue weighted by atomic mass is 10.0. The van der Waals surface area contributed by atoms with E-state index in [1.165, 1.54) is 96.3 Å². The molecule has 6 heteroatoms. The van der Waals surface area contributed by atoms with Crippen molar-refractivity contribution in [3.63, 3.8) is 0 Å². The summed E-state index contributed by atoms with van der Waals surface area (Å²) in [4.78, 5) is 25.9. The molecule has 0 aromatic heterocycles. The fourth-order valence-corrected chi connectivity index (χ4v) is 6.89. The smallest absolute Gasteiger partial charge is 0.306 e. The summed E-state index contributed by atoms with van der Waals surface area (Å²) in [6.07, 6.45) is 47.9. The number of nitrogens with one attached hydrogen (secondary N) is 1. The Balaban J connectivity index is 4.47. The standard InChI is InChI=1S/C48H89NO5/c1-4-7-10-13-16-19-20-21-22-23-24-25-26-27-29-32-35-38-41-48(53)54-44(39-36-33-30-18-15-12-9-6-3)42-47(52)49-45(43-50)46(51)40-37-34-31-28-17-14-11-8-5-2/h12,15,22-25,44-46,50-51H,4-11,13-14,16-21,26-43H2,1-3H3,(H,49,52)/b15-12-,23-22+,25-24+. The van der Waals surface area contributed by atoms with Crippen molar-refractivity contribution < 1.29 is 24.5 Å². The Morgan fingerprint density at radius 2 is 0.981 bits per heavy atom. The molecule has 3 atom stereocenters. The number of carbonyl (C=O) groups excluding carboxylic acids is 2. The molecule has 0 aromatic carbocycles. The van der Waals surface area contributed by atoms with Crippen LogP contribution < -0.4 is 5.32 Å². The predicted octanol–water partition coefficient (Wildman–Crippen LogP) is 13.3. The minimum atomic E-state index is -0.789. The molecule has 3 N–H and O–H groups in total. The summed E-state index contributed by atoms with van der Waals surface area (Å²) < 4.78 is 5.87. The van der Waals surface area contributed by atoms with Gasteiger partial charge >= 0.3 is 5.97 Å². The summed E-state index contributed by atoms with van der Waals surface area (Å²) in [5.41, 5.74) is 0. The Morgan fingerprint density at radius 3 is 1.52 bits per heavy atom. The molecule has 0 aliphatic carbocycles. The summed E-state index contributed by atoms with van der Waals surface area (Å²) in [5, 5.41) is 23.5. The molecule has 54 heavy (non-hydrogen) atoms. The topological polar surface area (TPSA) is 95.9 Å². The van der Waals surface area contributed by atoms with Gasteiger partial charge in [-0.15, -0.1) is 0 Å². The summed E-state index contributed by atoms with van der Waals surface area (Å²) >= 11 is 0. The maximum Gasteiger partial charge on any atom is 0.306 e. The van der Waals surface area contributed by atoms with Gasteiger partial charge in [0, 0.05) is 6.42 Å². The van der Waals surface area contributed by atoms with E-state index in [1.54, 1.807) is 0 Å². The molecule has 0 rings (SSSR count). The number of hydrogen-bond donors (Lipinski definition) is 3. The molecule has 0 saturated heterocycles. The van der Waals surface area contributed by atoms with Gasteiger partial charge in [-0.25, -0.2) is 0 Å². The van der Waals surface area contributed by atoms with Crippen LogP contribution in [0.3, 0.4) is 0 Å². The lowest BCUT2D eigenvalue weighted by Crippen LogP contribution is -2.46. The number of esters is 1. The van der Waals surface area contributed by atoms with E-state index in [0.717, 1.165) is 89.9 Å². The zero-order valence-electron chi connectivity index (χ0n) is 35.9. The molecule has 0 bridgehead atoms. The van der Waals surface area contributed by atoms with Gasteiger partial charge in [0.25, 0.3) is 0 Å². The van der Waals surface area contributed by atoms with Crippen LogP contribution in [-0.2, 0) is 14.3 Å². The Labute approximate surface area is 334 Å². The van der Waals surface area contributed by atoms with Crippen LogP contribution in [0, 0.1) is 0 Å². The van der Waals surface area contributed by atoms with E-state index in [-0.39, 0.29) is 24.9 Å². The minimum absolute atomic E-state index is 0.0607. The van der Waals surface area contributed by atoms with Gasteiger partial charge in [-0.2, -0.15) is 0 Å². The normalized spacial score (nSPS) is 13.6. The van der Waals surface area contributed by atoms with Gasteiger partial charge in [-0.1, -0.05) is 186 Å². The molecule has 0 radical (unpaired) electrons. The number of ether oxygens (including phenoxy) is 1. The Morgan fingerprint density at radius 1 is 0.537 bits per heavy atom. The molecule has 3 unspecified atom stereocenters. The van der Waals surface area contributed by atoms with Crippen LogP contribution in [0.25, 0.3) is 0 Å². The second-order valence-corrected chi connectivity index (χ2v) is 15.8. The van der Waals surface area contributed by atoms with Crippen LogP contribution in [0.4, 0.5) is 0 Å². The third-order valence-electron chi connectivity index (χ3n) is 10.5. The predicted molar refractivity (Wildman–Crippen MR) is 232 cm³/mol. The van der Waals surface area contributed by atoms with E-state index >= 15 is 0 Å². The first-order chi connectivity index (χ1) is 26.5. The first-order valence-electron chi connectivity index (χ1n) is 23.2. The van der Waals surface area contributed by atoms with Crippen molar-refractivity contribution in [2.45, 2.75) is 251 Å². The highest BCUT2D eigenvalue weighted by atomic mass is 16.5. The van der Waals surface area contributed by atoms with E-state index in [9.17, 15) is 19.8 Å². The molecular formula is C48H89NO5. The number of aliphatic hydroxyl groups is 2. The van der Waals surface area contributed by atoms with Crippen molar-refractivity contribution in [1.29, 1.82) is 0 Å². The number of unbranched alkanes of at least 4 members (excludes halogenated alkanes) is 24. The van der Waals surface area contributed by atoms with E-state index in [1.807, 2.05) is 0 Å². The van der Waals surface area contributed by atoms with E-state index in [0.29, 0.717) is 19.3 Å². The number of carbonyl (C=O) groups is 2. The van der Waals surface area contributed by atoms with Crippen LogP contribution >= 0.6 is 0 Å². The second kappa shape index (κ2) is 42.2. The fourth-order valence-electron chi connectivity index (χ4n) is 6.89. The van der Waals surface area contributed by atoms with Crippen LogP contribution in [0.2, 0.25) is 0 Å². The molecule has 0 aliphatic heterocycles. The molecule has 0 fully saturated rings. The number of hydrogen-bond acceptors (Lipinski definition) is 5. The highest BCUT2D eigenvalue weighted by Crippen LogP contribution is 2.17. The minimum Gasteiger partial charge on any atom is -0.462 e. The molecular weight excluding hydrogens is 671 g/mol. The van der Waals surface area contributed by atoms with Crippen LogP contribution in [0.1, 0.15) is 233 Å². The molecule has 0 spiro atoms. The highest BCUT2D eigenvalue weighted by molar-refractivity contribution is 5.77. The number of allylic oxidation sites excluding steroid dienone is 6. The Hall–Kier alpha value is -1.92. The summed E-state index contributed by atoms with van der Waals surface area (Å²) in [6.45, 7) is 6.37. The lowest BCUT2D eigenvalue weighted by Gasteiger charge is -2.24. The first kappa shape index (κ1) is 52.1. The van der Waals surface area contributed by atoms with Crippen molar-refractivity contribution in [1.82, 2.24) is 5.32 Å². The SMILES string of the molecule is CCC/C=C\CCCCCC(CC(=O)NC(CO)C(O)CCCCCCCCCCC)OC(=O)CCCCCCC/C=C/C=C/CCCCCCCCC. The Kier molecular flexibility index (Phi) is 40.7. The highest BCUT2D eigenvalue weighted by Gasteiger charge is 2.24. The van der Waals surface area contributed by atoms with Crippen LogP contribution in [0.15, 0.2) is 36.5 Å². The third-order valence-corrected chi connectivity index (χ3v) is 10.5. The third kappa shape index (κ3) is 37.0. The molecule has 0 heterocycles. The van der Waals surface area contributed by atoms with Gasteiger partial charge in [0.1, 0.15) is 6.10 Å². The van der Waals surface area contributed by atoms with Crippen molar-refractivity contribution in [3.8, 4) is 0 Å². The van der Waals surface area contributed by atoms with E-state index < -0.39 is 18.2 Å². The average molecular weight is 760 g/mol. The maximum atomic E-state index is 13.1. The number of aliphatic hydroxyl groups excluding tert-OH is 2. The summed E-state index contributed by atoms with van der Waals surface area (Å²) in [5.74, 6) is -0.510. The molecule has 1 amide bonds. The number of rotatable bonds is 41. The van der Waals surface area contributed by atoms with E-state index in [4.69, 9.17) is 4.74 Å². The number of amides is 1. The quantitative estimate of drug-likeness (QED) is 0.0250. The van der Waals surface area contributed by atoms with Gasteiger partial charge in [0.15, 0.2) is 0 Å². The van der Waals surface area contributed by atoms with Gasteiger partial charge in [-0.3, -0.25) is 9.59 Å². The van der Waals surface area contributed by atoms with Gasteiger partial charge in [0.05, 0.1) is 25.2 Å². The first-order valence-corrected chi connectivity index (χ1v) is 23.2. The van der Waals surface area contributed by atoms with Crippen molar-refractivity contribution in [2.24, 2.45) is 0 Å². The molecule has 0 saturated carbocycles. The summed E-state index contributed by atoms with van der Waals surface area (Å²) in [7, 11) is 0. The van der Waals surface area contributed by atoms with Crippen LogP contribution in [-0.4, -0.2) is 46.9 Å². The molecule has 316 valence electrons. The van der Waals surface area contributed by atoms with Crippen molar-refractivity contribution in [3.05, 3.63) is 36.5 Å².